The van der Waals surface area contributed by atoms with Gasteiger partial charge >= 0.3 is 6.09 Å². The molecular weight excluding hydrogens is 446 g/mol. The highest BCUT2D eigenvalue weighted by Crippen LogP contribution is 2.24. The molecule has 0 spiro atoms. The third-order valence-electron chi connectivity index (χ3n) is 4.97. The molecule has 0 bridgehead atoms. The Hall–Kier alpha value is -3.32. The van der Waals surface area contributed by atoms with E-state index in [2.05, 4.69) is 22.4 Å². The Balaban J connectivity index is 1.68. The maximum Gasteiger partial charge on any atom is 0.410 e. The van der Waals surface area contributed by atoms with E-state index < -0.39 is 17.7 Å². The number of pyridine rings is 1. The van der Waals surface area contributed by atoms with Crippen LogP contribution in [0.25, 0.3) is 0 Å². The fraction of sp³-hybridized carbons (Fsp3) is 0.296. The number of amides is 2. The van der Waals surface area contributed by atoms with Crippen molar-refractivity contribution in [3.63, 3.8) is 0 Å². The summed E-state index contributed by atoms with van der Waals surface area (Å²) in [6.07, 6.45) is 3.14. The number of anilines is 1. The van der Waals surface area contributed by atoms with Gasteiger partial charge in [0.1, 0.15) is 11.6 Å². The molecule has 0 aliphatic carbocycles. The van der Waals surface area contributed by atoms with Crippen LogP contribution in [0, 0.1) is 0 Å². The molecule has 6 nitrogen and oxygen atoms in total. The number of nitrogens with zero attached hydrogens (tertiary/aromatic N) is 2. The van der Waals surface area contributed by atoms with E-state index in [0.717, 1.165) is 16.2 Å². The van der Waals surface area contributed by atoms with Gasteiger partial charge in [-0.15, -0.1) is 11.8 Å². The number of nitrogens with one attached hydrogen (secondary N) is 1. The van der Waals surface area contributed by atoms with Crippen molar-refractivity contribution in [1.82, 2.24) is 9.88 Å². The average molecular weight is 478 g/mol. The molecule has 3 rings (SSSR count). The van der Waals surface area contributed by atoms with Crippen molar-refractivity contribution in [3.05, 3.63) is 90.3 Å². The summed E-state index contributed by atoms with van der Waals surface area (Å²) in [5, 5.41) is 2.94. The Morgan fingerprint density at radius 3 is 2.29 bits per heavy atom. The number of thioether (sulfide) groups is 1. The Morgan fingerprint density at radius 2 is 1.68 bits per heavy atom. The monoisotopic (exact) mass is 477 g/mol. The fourth-order valence-corrected chi connectivity index (χ4v) is 4.06. The van der Waals surface area contributed by atoms with Gasteiger partial charge in [-0.25, -0.2) is 4.79 Å². The molecule has 1 unspecified atom stereocenters. The van der Waals surface area contributed by atoms with Crippen LogP contribution in [0.4, 0.5) is 10.5 Å². The van der Waals surface area contributed by atoms with Crippen molar-refractivity contribution in [2.45, 2.75) is 49.5 Å². The molecule has 0 radical (unpaired) electrons. The highest BCUT2D eigenvalue weighted by molar-refractivity contribution is 7.98. The molecule has 1 aromatic heterocycles. The molecule has 1 heterocycles. The molecule has 2 aromatic carbocycles. The van der Waals surface area contributed by atoms with Gasteiger partial charge in [0.05, 0.1) is 0 Å². The van der Waals surface area contributed by atoms with E-state index in [1.807, 2.05) is 54.6 Å². The lowest BCUT2D eigenvalue weighted by Crippen LogP contribution is -2.48. The summed E-state index contributed by atoms with van der Waals surface area (Å²) in [5.74, 6) is 0.586. The van der Waals surface area contributed by atoms with Gasteiger partial charge in [-0.1, -0.05) is 36.4 Å². The first kappa shape index (κ1) is 25.3. The summed E-state index contributed by atoms with van der Waals surface area (Å²) in [7, 11) is 1.58. The Labute approximate surface area is 205 Å². The minimum absolute atomic E-state index is 0.290. The van der Waals surface area contributed by atoms with Crippen LogP contribution in [-0.4, -0.2) is 40.6 Å². The molecule has 7 heteroatoms. The summed E-state index contributed by atoms with van der Waals surface area (Å²) in [6.45, 7) is 5.39. The summed E-state index contributed by atoms with van der Waals surface area (Å²) >= 11 is 1.73. The van der Waals surface area contributed by atoms with Crippen molar-refractivity contribution >= 4 is 29.4 Å². The zero-order chi connectivity index (χ0) is 24.6. The van der Waals surface area contributed by atoms with E-state index in [9.17, 15) is 9.59 Å². The lowest BCUT2D eigenvalue weighted by atomic mass is 10.1. The summed E-state index contributed by atoms with van der Waals surface area (Å²) < 4.78 is 5.49. The summed E-state index contributed by atoms with van der Waals surface area (Å²) in [5.41, 5.74) is 2.12. The first-order chi connectivity index (χ1) is 16.2. The number of ether oxygens (including phenoxy) is 1. The smallest absolute Gasteiger partial charge is 0.410 e. The first-order valence-corrected chi connectivity index (χ1v) is 12.1. The predicted octanol–water partition coefficient (Wildman–Crippen LogP) is 5.79. The van der Waals surface area contributed by atoms with Crippen molar-refractivity contribution in [1.29, 1.82) is 0 Å². The van der Waals surface area contributed by atoms with Gasteiger partial charge in [-0.2, -0.15) is 0 Å². The van der Waals surface area contributed by atoms with Gasteiger partial charge in [0.15, 0.2) is 0 Å². The molecule has 0 saturated carbocycles. The predicted molar refractivity (Wildman–Crippen MR) is 137 cm³/mol. The van der Waals surface area contributed by atoms with Crippen LogP contribution in [0.3, 0.4) is 0 Å². The van der Waals surface area contributed by atoms with Crippen LogP contribution in [0.5, 0.6) is 0 Å². The number of hydrogen-bond donors (Lipinski definition) is 1. The lowest BCUT2D eigenvalue weighted by Gasteiger charge is -2.30. The standard InChI is InChI=1S/C27H31N3O3S/c1-27(2,3)33-26(32)30(4)24(17-21-11-8-16-28-18-21)25(31)29-22-12-14-23(15-13-22)34-19-20-9-6-5-7-10-20/h5-16,18,24H,17,19H2,1-4H3,(H,29,31). The molecule has 178 valence electrons. The van der Waals surface area contributed by atoms with E-state index in [1.54, 1.807) is 52.0 Å². The van der Waals surface area contributed by atoms with Crippen LogP contribution in [-0.2, 0) is 21.7 Å². The van der Waals surface area contributed by atoms with E-state index in [1.165, 1.54) is 10.5 Å². The molecule has 1 N–H and O–H groups in total. The van der Waals surface area contributed by atoms with Crippen molar-refractivity contribution in [3.8, 4) is 0 Å². The first-order valence-electron chi connectivity index (χ1n) is 11.1. The van der Waals surface area contributed by atoms with Gasteiger partial charge in [-0.3, -0.25) is 14.7 Å². The number of likely N-dealkylation sites (N-methyl/N-ethyl adjacent to an activating group) is 1. The van der Waals surface area contributed by atoms with Crippen LogP contribution < -0.4 is 5.32 Å². The Kier molecular flexibility index (Phi) is 8.71. The highest BCUT2D eigenvalue weighted by atomic mass is 32.2. The molecule has 0 aliphatic rings. The maximum atomic E-state index is 13.2. The molecule has 1 atom stereocenters. The SMILES string of the molecule is CN(C(=O)OC(C)(C)C)C(Cc1cccnc1)C(=O)Nc1ccc(SCc2ccccc2)cc1. The zero-order valence-corrected chi connectivity index (χ0v) is 20.8. The number of rotatable bonds is 8. The van der Waals surface area contributed by atoms with Crippen molar-refractivity contribution in [2.24, 2.45) is 0 Å². The second-order valence-corrected chi connectivity index (χ2v) is 10.0. The minimum atomic E-state index is -0.758. The van der Waals surface area contributed by atoms with Gasteiger partial charge in [-0.05, 0) is 62.2 Å². The minimum Gasteiger partial charge on any atom is -0.444 e. The van der Waals surface area contributed by atoms with Gasteiger partial charge in [0, 0.05) is 42.2 Å². The fourth-order valence-electron chi connectivity index (χ4n) is 3.21. The Morgan fingerprint density at radius 1 is 1.00 bits per heavy atom. The highest BCUT2D eigenvalue weighted by Gasteiger charge is 2.30. The van der Waals surface area contributed by atoms with Crippen LogP contribution in [0.2, 0.25) is 0 Å². The van der Waals surface area contributed by atoms with Gasteiger partial charge < -0.3 is 10.1 Å². The number of carbonyl (C=O) groups is 2. The molecule has 0 saturated heterocycles. The van der Waals surface area contributed by atoms with Crippen LogP contribution >= 0.6 is 11.8 Å². The van der Waals surface area contributed by atoms with Crippen molar-refractivity contribution in [2.75, 3.05) is 12.4 Å². The lowest BCUT2D eigenvalue weighted by molar-refractivity contribution is -0.120. The topological polar surface area (TPSA) is 71.5 Å². The second-order valence-electron chi connectivity index (χ2n) is 8.96. The normalized spacial score (nSPS) is 12.0. The molecule has 0 aliphatic heterocycles. The van der Waals surface area contributed by atoms with Crippen molar-refractivity contribution < 1.29 is 14.3 Å². The molecule has 34 heavy (non-hydrogen) atoms. The van der Waals surface area contributed by atoms with E-state index in [-0.39, 0.29) is 5.91 Å². The maximum absolute atomic E-state index is 13.2. The molecule has 0 fully saturated rings. The number of benzene rings is 2. The van der Waals surface area contributed by atoms with Gasteiger partial charge in [0.25, 0.3) is 0 Å². The van der Waals surface area contributed by atoms with Crippen LogP contribution in [0.1, 0.15) is 31.9 Å². The van der Waals surface area contributed by atoms with Crippen LogP contribution in [0.15, 0.2) is 84.0 Å². The van der Waals surface area contributed by atoms with E-state index in [0.29, 0.717) is 12.1 Å². The largest absolute Gasteiger partial charge is 0.444 e. The third-order valence-corrected chi connectivity index (χ3v) is 6.06. The summed E-state index contributed by atoms with van der Waals surface area (Å²) in [4.78, 5) is 32.5. The number of carbonyl (C=O) groups excluding carboxylic acids is 2. The van der Waals surface area contributed by atoms with E-state index >= 15 is 0 Å². The van der Waals surface area contributed by atoms with E-state index in [4.69, 9.17) is 4.74 Å². The Bertz CT molecular complexity index is 1070. The average Bonchev–Trinajstić information content (AvgIpc) is 2.82. The quantitative estimate of drug-likeness (QED) is 0.416. The summed E-state index contributed by atoms with van der Waals surface area (Å²) in [6, 6.07) is 20.9. The number of hydrogen-bond acceptors (Lipinski definition) is 5. The molecular formula is C27H31N3O3S. The number of aromatic nitrogens is 1. The second kappa shape index (κ2) is 11.7. The van der Waals surface area contributed by atoms with Gasteiger partial charge in [0.2, 0.25) is 5.91 Å². The molecule has 3 aromatic rings. The molecule has 2 amide bonds. The third kappa shape index (κ3) is 7.92. The zero-order valence-electron chi connectivity index (χ0n) is 20.0.